The zero-order chi connectivity index (χ0) is 17.6. The highest BCUT2D eigenvalue weighted by atomic mass is 16.5. The van der Waals surface area contributed by atoms with E-state index in [1.165, 1.54) is 7.11 Å². The van der Waals surface area contributed by atoms with Crippen LogP contribution in [0.5, 0.6) is 5.75 Å². The number of carbonyl (C=O) groups excluding carboxylic acids is 1. The lowest BCUT2D eigenvalue weighted by molar-refractivity contribution is -0.00878. The maximum absolute atomic E-state index is 11.9. The molecule has 1 heterocycles. The Morgan fingerprint density at radius 3 is 2.72 bits per heavy atom. The molecule has 2 aliphatic rings. The second-order valence-electron chi connectivity index (χ2n) is 6.86. The predicted octanol–water partition coefficient (Wildman–Crippen LogP) is 2.56. The lowest BCUT2D eigenvalue weighted by Gasteiger charge is -2.38. The number of hydrogen-bond acceptors (Lipinski definition) is 5. The van der Waals surface area contributed by atoms with Crippen LogP contribution in [0, 0.1) is 0 Å². The normalized spacial score (nSPS) is 29.4. The molecule has 1 saturated carbocycles. The van der Waals surface area contributed by atoms with Crippen molar-refractivity contribution in [2.45, 2.75) is 56.4 Å². The van der Waals surface area contributed by atoms with Gasteiger partial charge < -0.3 is 24.8 Å². The van der Waals surface area contributed by atoms with E-state index in [1.54, 1.807) is 4.90 Å². The van der Waals surface area contributed by atoms with E-state index >= 15 is 0 Å². The van der Waals surface area contributed by atoms with Crippen LogP contribution in [0.4, 0.5) is 4.79 Å². The van der Waals surface area contributed by atoms with Gasteiger partial charge in [0, 0.05) is 19.0 Å². The topological polar surface area (TPSA) is 74.0 Å². The summed E-state index contributed by atoms with van der Waals surface area (Å²) in [7, 11) is 1.41. The first-order valence-electron chi connectivity index (χ1n) is 9.11. The summed E-state index contributed by atoms with van der Waals surface area (Å²) < 4.78 is 17.0. The molecule has 1 amide bonds. The Kier molecular flexibility index (Phi) is 6.15. The summed E-state index contributed by atoms with van der Waals surface area (Å²) in [4.78, 5) is 13.7. The van der Waals surface area contributed by atoms with Crippen molar-refractivity contribution in [1.29, 1.82) is 0 Å². The van der Waals surface area contributed by atoms with Gasteiger partial charge in [0.1, 0.15) is 11.9 Å². The summed E-state index contributed by atoms with van der Waals surface area (Å²) >= 11 is 0. The van der Waals surface area contributed by atoms with Gasteiger partial charge >= 0.3 is 6.09 Å². The number of para-hydroxylation sites is 1. The van der Waals surface area contributed by atoms with Gasteiger partial charge in [-0.1, -0.05) is 18.2 Å². The van der Waals surface area contributed by atoms with Crippen LogP contribution in [-0.4, -0.2) is 55.5 Å². The number of carbonyl (C=O) groups is 1. The third-order valence-electron chi connectivity index (χ3n) is 5.13. The van der Waals surface area contributed by atoms with E-state index < -0.39 is 0 Å². The standard InChI is InChI=1S/C19H28N2O4/c1-23-19(22)21-11-5-8-17(20)18(21)13-24-15-9-10-16(12-15)25-14-6-3-2-4-7-14/h2-4,6-7,15-18H,5,8-13,20H2,1H3/t15?,16?,17-,18-/m0/s1. The van der Waals surface area contributed by atoms with Gasteiger partial charge in [0.05, 0.1) is 25.9 Å². The fraction of sp³-hybridized carbons (Fsp3) is 0.632. The van der Waals surface area contributed by atoms with E-state index in [2.05, 4.69) is 0 Å². The molecule has 0 radical (unpaired) electrons. The van der Waals surface area contributed by atoms with Crippen LogP contribution in [-0.2, 0) is 9.47 Å². The highest BCUT2D eigenvalue weighted by Gasteiger charge is 2.35. The first kappa shape index (κ1) is 18.0. The molecule has 2 fully saturated rings. The van der Waals surface area contributed by atoms with E-state index in [-0.39, 0.29) is 30.4 Å². The number of nitrogens with two attached hydrogens (primary N) is 1. The molecule has 2 N–H and O–H groups in total. The zero-order valence-corrected chi connectivity index (χ0v) is 14.8. The zero-order valence-electron chi connectivity index (χ0n) is 14.8. The molecule has 1 aliphatic carbocycles. The van der Waals surface area contributed by atoms with Crippen molar-refractivity contribution in [2.24, 2.45) is 5.73 Å². The van der Waals surface area contributed by atoms with Crippen LogP contribution >= 0.6 is 0 Å². The van der Waals surface area contributed by atoms with Crippen LogP contribution < -0.4 is 10.5 Å². The second kappa shape index (κ2) is 8.54. The molecule has 25 heavy (non-hydrogen) atoms. The second-order valence-corrected chi connectivity index (χ2v) is 6.86. The lowest BCUT2D eigenvalue weighted by atomic mass is 9.98. The van der Waals surface area contributed by atoms with Crippen LogP contribution in [0.1, 0.15) is 32.1 Å². The maximum atomic E-state index is 11.9. The molecule has 0 aromatic heterocycles. The fourth-order valence-electron chi connectivity index (χ4n) is 3.73. The minimum absolute atomic E-state index is 0.0642. The lowest BCUT2D eigenvalue weighted by Crippen LogP contribution is -2.56. The Labute approximate surface area is 149 Å². The number of ether oxygens (including phenoxy) is 3. The molecule has 1 saturated heterocycles. The summed E-state index contributed by atoms with van der Waals surface area (Å²) in [5, 5.41) is 0. The van der Waals surface area contributed by atoms with Gasteiger partial charge in [0.25, 0.3) is 0 Å². The van der Waals surface area contributed by atoms with Crippen molar-refractivity contribution < 1.29 is 19.0 Å². The average molecular weight is 348 g/mol. The van der Waals surface area contributed by atoms with Gasteiger partial charge in [-0.25, -0.2) is 4.79 Å². The van der Waals surface area contributed by atoms with Crippen LogP contribution in [0.3, 0.4) is 0 Å². The van der Waals surface area contributed by atoms with Crippen molar-refractivity contribution in [3.8, 4) is 5.75 Å². The molecular weight excluding hydrogens is 320 g/mol. The quantitative estimate of drug-likeness (QED) is 0.885. The molecule has 3 rings (SSSR count). The smallest absolute Gasteiger partial charge is 0.409 e. The van der Waals surface area contributed by atoms with E-state index in [0.29, 0.717) is 13.2 Å². The van der Waals surface area contributed by atoms with Crippen molar-refractivity contribution in [3.05, 3.63) is 30.3 Å². The number of nitrogens with zero attached hydrogens (tertiary/aromatic N) is 1. The monoisotopic (exact) mass is 348 g/mol. The van der Waals surface area contributed by atoms with E-state index in [4.69, 9.17) is 19.9 Å². The summed E-state index contributed by atoms with van der Waals surface area (Å²) in [5.74, 6) is 0.902. The van der Waals surface area contributed by atoms with Crippen LogP contribution in [0.15, 0.2) is 30.3 Å². The van der Waals surface area contributed by atoms with E-state index in [0.717, 1.165) is 37.9 Å². The molecule has 0 bridgehead atoms. The third-order valence-corrected chi connectivity index (χ3v) is 5.13. The summed E-state index contributed by atoms with van der Waals surface area (Å²) in [5.41, 5.74) is 6.22. The molecule has 0 spiro atoms. The van der Waals surface area contributed by atoms with Crippen molar-refractivity contribution in [2.75, 3.05) is 20.3 Å². The highest BCUT2D eigenvalue weighted by molar-refractivity contribution is 5.68. The Hall–Kier alpha value is -1.79. The number of likely N-dealkylation sites (tertiary alicyclic amines) is 1. The summed E-state index contributed by atoms with van der Waals surface area (Å²) in [6, 6.07) is 9.70. The molecule has 1 aliphatic heterocycles. The van der Waals surface area contributed by atoms with Gasteiger partial charge in [0.15, 0.2) is 0 Å². The Morgan fingerprint density at radius 2 is 1.96 bits per heavy atom. The Morgan fingerprint density at radius 1 is 1.20 bits per heavy atom. The Balaban J connectivity index is 1.48. The van der Waals surface area contributed by atoms with Gasteiger partial charge in [-0.2, -0.15) is 0 Å². The number of amides is 1. The highest BCUT2D eigenvalue weighted by Crippen LogP contribution is 2.27. The van der Waals surface area contributed by atoms with Gasteiger partial charge in [0.2, 0.25) is 0 Å². The summed E-state index contributed by atoms with van der Waals surface area (Å²) in [6.07, 6.45) is 4.66. The van der Waals surface area contributed by atoms with Gasteiger partial charge in [-0.15, -0.1) is 0 Å². The van der Waals surface area contributed by atoms with E-state index in [1.807, 2.05) is 30.3 Å². The summed E-state index contributed by atoms with van der Waals surface area (Å²) in [6.45, 7) is 1.14. The van der Waals surface area contributed by atoms with Gasteiger partial charge in [-0.3, -0.25) is 0 Å². The molecule has 138 valence electrons. The first-order chi connectivity index (χ1) is 12.2. The third kappa shape index (κ3) is 4.64. The van der Waals surface area contributed by atoms with Crippen molar-refractivity contribution >= 4 is 6.09 Å². The molecule has 1 aromatic rings. The number of piperidine rings is 1. The predicted molar refractivity (Wildman–Crippen MR) is 94.6 cm³/mol. The minimum Gasteiger partial charge on any atom is -0.490 e. The van der Waals surface area contributed by atoms with Crippen molar-refractivity contribution in [3.63, 3.8) is 0 Å². The first-order valence-corrected chi connectivity index (χ1v) is 9.11. The number of methoxy groups -OCH3 is 1. The SMILES string of the molecule is COC(=O)N1CCC[C@H](N)[C@@H]1COC1CCC(Oc2ccccc2)C1. The van der Waals surface area contributed by atoms with Crippen LogP contribution in [0.25, 0.3) is 0 Å². The molecule has 6 heteroatoms. The molecule has 1 aromatic carbocycles. The van der Waals surface area contributed by atoms with Crippen molar-refractivity contribution in [1.82, 2.24) is 4.90 Å². The molecular formula is C19H28N2O4. The maximum Gasteiger partial charge on any atom is 0.409 e. The Bertz CT molecular complexity index is 554. The van der Waals surface area contributed by atoms with E-state index in [9.17, 15) is 4.79 Å². The molecule has 6 nitrogen and oxygen atoms in total. The largest absolute Gasteiger partial charge is 0.490 e. The molecule has 2 unspecified atom stereocenters. The number of hydrogen-bond donors (Lipinski definition) is 1. The average Bonchev–Trinajstić information content (AvgIpc) is 3.08. The fourth-order valence-corrected chi connectivity index (χ4v) is 3.73. The number of benzene rings is 1. The molecule has 4 atom stereocenters. The van der Waals surface area contributed by atoms with Gasteiger partial charge in [-0.05, 0) is 37.8 Å². The number of rotatable bonds is 5. The minimum atomic E-state index is -0.319. The van der Waals surface area contributed by atoms with Crippen LogP contribution in [0.2, 0.25) is 0 Å².